The quantitative estimate of drug-likeness (QED) is 0.799. The maximum absolute atomic E-state index is 11.7. The van der Waals surface area contributed by atoms with Gasteiger partial charge in [0.15, 0.2) is 0 Å². The third-order valence-corrected chi connectivity index (χ3v) is 3.55. The van der Waals surface area contributed by atoms with Crippen LogP contribution < -0.4 is 10.6 Å². The number of hydrogen-bond donors (Lipinski definition) is 2. The molecule has 5 nitrogen and oxygen atoms in total. The number of carbonyl (C=O) groups excluding carboxylic acids is 1. The normalized spacial score (nSPS) is 17.0. The van der Waals surface area contributed by atoms with Gasteiger partial charge in [0.1, 0.15) is 5.69 Å². The molecule has 1 saturated heterocycles. The lowest BCUT2D eigenvalue weighted by Crippen LogP contribution is -2.46. The summed E-state index contributed by atoms with van der Waals surface area (Å²) in [6, 6.07) is 0. The van der Waals surface area contributed by atoms with Crippen LogP contribution in [0.4, 0.5) is 0 Å². The molecule has 0 aliphatic carbocycles. The summed E-state index contributed by atoms with van der Waals surface area (Å²) in [5.41, 5.74) is 0.535. The van der Waals surface area contributed by atoms with Gasteiger partial charge in [-0.2, -0.15) is 0 Å². The van der Waals surface area contributed by atoms with Crippen LogP contribution in [-0.2, 0) is 0 Å². The molecular weight excluding hydrogens is 236 g/mol. The van der Waals surface area contributed by atoms with E-state index in [-0.39, 0.29) is 5.91 Å². The first-order valence-electron chi connectivity index (χ1n) is 5.89. The Morgan fingerprint density at radius 1 is 1.59 bits per heavy atom. The highest BCUT2D eigenvalue weighted by atomic mass is 32.1. The first-order chi connectivity index (χ1) is 8.25. The highest BCUT2D eigenvalue weighted by Gasteiger charge is 2.11. The van der Waals surface area contributed by atoms with E-state index in [0.717, 1.165) is 37.7 Å². The number of hydrogen-bond acceptors (Lipinski definition) is 5. The number of amides is 1. The van der Waals surface area contributed by atoms with Gasteiger partial charge in [0.05, 0.1) is 5.01 Å². The number of rotatable bonds is 4. The highest BCUT2D eigenvalue weighted by molar-refractivity contribution is 7.09. The largest absolute Gasteiger partial charge is 0.349 e. The monoisotopic (exact) mass is 254 g/mol. The van der Waals surface area contributed by atoms with E-state index in [1.165, 1.54) is 11.3 Å². The average molecular weight is 254 g/mol. The number of piperazine rings is 1. The van der Waals surface area contributed by atoms with Crippen molar-refractivity contribution >= 4 is 17.2 Å². The van der Waals surface area contributed by atoms with Crippen molar-refractivity contribution < 1.29 is 4.79 Å². The predicted octanol–water partition coefficient (Wildman–Crippen LogP) is 0.0865. The summed E-state index contributed by atoms with van der Waals surface area (Å²) in [5.74, 6) is -0.0653. The molecule has 0 bridgehead atoms. The first kappa shape index (κ1) is 12.5. The van der Waals surface area contributed by atoms with Crippen LogP contribution in [0.1, 0.15) is 15.5 Å². The lowest BCUT2D eigenvalue weighted by molar-refractivity contribution is 0.0943. The second kappa shape index (κ2) is 6.09. The molecule has 17 heavy (non-hydrogen) atoms. The van der Waals surface area contributed by atoms with Gasteiger partial charge in [-0.05, 0) is 6.92 Å². The summed E-state index contributed by atoms with van der Waals surface area (Å²) < 4.78 is 0. The van der Waals surface area contributed by atoms with Gasteiger partial charge in [-0.15, -0.1) is 11.3 Å². The number of aromatic nitrogens is 1. The van der Waals surface area contributed by atoms with Crippen LogP contribution in [0.2, 0.25) is 0 Å². The number of carbonyl (C=O) groups is 1. The molecule has 1 aliphatic rings. The fourth-order valence-electron chi connectivity index (χ4n) is 1.82. The Bertz CT molecular complexity index is 373. The minimum absolute atomic E-state index is 0.0653. The van der Waals surface area contributed by atoms with Crippen molar-refractivity contribution in [2.75, 3.05) is 39.3 Å². The molecule has 1 amide bonds. The minimum Gasteiger partial charge on any atom is -0.349 e. The van der Waals surface area contributed by atoms with Crippen LogP contribution in [0.25, 0.3) is 0 Å². The molecule has 1 fully saturated rings. The maximum Gasteiger partial charge on any atom is 0.270 e. The lowest BCUT2D eigenvalue weighted by Gasteiger charge is -2.26. The van der Waals surface area contributed by atoms with Crippen molar-refractivity contribution in [2.24, 2.45) is 0 Å². The van der Waals surface area contributed by atoms with Crippen LogP contribution in [0.15, 0.2) is 5.38 Å². The molecule has 2 rings (SSSR count). The van der Waals surface area contributed by atoms with Crippen LogP contribution >= 0.6 is 11.3 Å². The lowest BCUT2D eigenvalue weighted by atomic mass is 10.3. The SMILES string of the molecule is Cc1nc(C(=O)NCCN2CCNCC2)cs1. The molecule has 0 radical (unpaired) electrons. The third kappa shape index (κ3) is 3.76. The van der Waals surface area contributed by atoms with Gasteiger partial charge in [0.25, 0.3) is 5.91 Å². The van der Waals surface area contributed by atoms with Crippen molar-refractivity contribution in [3.8, 4) is 0 Å². The predicted molar refractivity (Wildman–Crippen MR) is 68.5 cm³/mol. The smallest absolute Gasteiger partial charge is 0.270 e. The van der Waals surface area contributed by atoms with Crippen molar-refractivity contribution in [2.45, 2.75) is 6.92 Å². The Kier molecular flexibility index (Phi) is 4.47. The first-order valence-corrected chi connectivity index (χ1v) is 6.77. The number of nitrogens with zero attached hydrogens (tertiary/aromatic N) is 2. The fraction of sp³-hybridized carbons (Fsp3) is 0.636. The molecular formula is C11H18N4OS. The van der Waals surface area contributed by atoms with Crippen molar-refractivity contribution in [1.29, 1.82) is 0 Å². The molecule has 6 heteroatoms. The second-order valence-electron chi connectivity index (χ2n) is 4.10. The molecule has 1 aliphatic heterocycles. The molecule has 0 aromatic carbocycles. The molecule has 0 saturated carbocycles. The van der Waals surface area contributed by atoms with Crippen LogP contribution in [0.3, 0.4) is 0 Å². The Hall–Kier alpha value is -0.980. The van der Waals surface area contributed by atoms with E-state index in [2.05, 4.69) is 20.5 Å². The van der Waals surface area contributed by atoms with Crippen molar-refractivity contribution in [3.63, 3.8) is 0 Å². The van der Waals surface area contributed by atoms with E-state index in [9.17, 15) is 4.79 Å². The molecule has 0 atom stereocenters. The summed E-state index contributed by atoms with van der Waals surface area (Å²) in [6.45, 7) is 7.71. The summed E-state index contributed by atoms with van der Waals surface area (Å²) in [4.78, 5) is 18.2. The Morgan fingerprint density at radius 2 is 2.35 bits per heavy atom. The highest BCUT2D eigenvalue weighted by Crippen LogP contribution is 2.07. The van der Waals surface area contributed by atoms with Gasteiger partial charge >= 0.3 is 0 Å². The Balaban J connectivity index is 1.69. The summed E-state index contributed by atoms with van der Waals surface area (Å²) in [6.07, 6.45) is 0. The Morgan fingerprint density at radius 3 is 3.00 bits per heavy atom. The number of thiazole rings is 1. The maximum atomic E-state index is 11.7. The van der Waals surface area contributed by atoms with E-state index < -0.39 is 0 Å². The van der Waals surface area contributed by atoms with Crippen molar-refractivity contribution in [3.05, 3.63) is 16.1 Å². The molecule has 1 aromatic heterocycles. The van der Waals surface area contributed by atoms with Gasteiger partial charge in [-0.3, -0.25) is 9.69 Å². The molecule has 0 spiro atoms. The van der Waals surface area contributed by atoms with E-state index >= 15 is 0 Å². The molecule has 94 valence electrons. The topological polar surface area (TPSA) is 57.3 Å². The van der Waals surface area contributed by atoms with Gasteiger partial charge in [-0.25, -0.2) is 4.98 Å². The van der Waals surface area contributed by atoms with Crippen LogP contribution in [-0.4, -0.2) is 55.1 Å². The number of nitrogens with one attached hydrogen (secondary N) is 2. The Labute approximate surface area is 105 Å². The van der Waals surface area contributed by atoms with Crippen LogP contribution in [0, 0.1) is 6.92 Å². The molecule has 2 heterocycles. The minimum atomic E-state index is -0.0653. The summed E-state index contributed by atoms with van der Waals surface area (Å²) >= 11 is 1.50. The van der Waals surface area contributed by atoms with E-state index in [1.54, 1.807) is 5.38 Å². The molecule has 1 aromatic rings. The fourth-order valence-corrected chi connectivity index (χ4v) is 2.41. The zero-order valence-corrected chi connectivity index (χ0v) is 10.8. The van der Waals surface area contributed by atoms with Crippen LogP contribution in [0.5, 0.6) is 0 Å². The number of aryl methyl sites for hydroxylation is 1. The van der Waals surface area contributed by atoms with Crippen molar-refractivity contribution in [1.82, 2.24) is 20.5 Å². The molecule has 2 N–H and O–H groups in total. The van der Waals surface area contributed by atoms with Gasteiger partial charge < -0.3 is 10.6 Å². The van der Waals surface area contributed by atoms with Gasteiger partial charge in [0, 0.05) is 44.6 Å². The third-order valence-electron chi connectivity index (χ3n) is 2.77. The average Bonchev–Trinajstić information content (AvgIpc) is 2.77. The van der Waals surface area contributed by atoms with E-state index in [4.69, 9.17) is 0 Å². The summed E-state index contributed by atoms with van der Waals surface area (Å²) in [7, 11) is 0. The zero-order valence-electron chi connectivity index (χ0n) is 10.0. The molecule has 0 unspecified atom stereocenters. The van der Waals surface area contributed by atoms with E-state index in [0.29, 0.717) is 12.2 Å². The second-order valence-corrected chi connectivity index (χ2v) is 5.16. The zero-order chi connectivity index (χ0) is 12.1. The van der Waals surface area contributed by atoms with Gasteiger partial charge in [-0.1, -0.05) is 0 Å². The van der Waals surface area contributed by atoms with E-state index in [1.807, 2.05) is 6.92 Å². The standard InChI is InChI=1S/C11H18N4OS/c1-9-14-10(8-17-9)11(16)13-4-7-15-5-2-12-3-6-15/h8,12H,2-7H2,1H3,(H,13,16). The van der Waals surface area contributed by atoms with Gasteiger partial charge in [0.2, 0.25) is 0 Å². The summed E-state index contributed by atoms with van der Waals surface area (Å²) in [5, 5.41) is 8.94.